The van der Waals surface area contributed by atoms with E-state index < -0.39 is 11.7 Å². The van der Waals surface area contributed by atoms with Crippen molar-refractivity contribution in [1.82, 2.24) is 0 Å². The Morgan fingerprint density at radius 2 is 1.94 bits per heavy atom. The highest BCUT2D eigenvalue weighted by Crippen LogP contribution is 2.23. The summed E-state index contributed by atoms with van der Waals surface area (Å²) in [4.78, 5) is 10.9. The van der Waals surface area contributed by atoms with Gasteiger partial charge in [0, 0.05) is 17.6 Å². The number of anilines is 1. The lowest BCUT2D eigenvalue weighted by Crippen LogP contribution is -2.33. The van der Waals surface area contributed by atoms with Gasteiger partial charge in [-0.25, -0.2) is 4.39 Å². The monoisotopic (exact) mass is 251 g/mol. The molecule has 0 unspecified atom stereocenters. The molecule has 1 amide bonds. The molecule has 0 saturated heterocycles. The van der Waals surface area contributed by atoms with Crippen molar-refractivity contribution >= 4 is 11.6 Å². The van der Waals surface area contributed by atoms with Crippen molar-refractivity contribution in [3.05, 3.63) is 29.6 Å². The van der Waals surface area contributed by atoms with E-state index in [9.17, 15) is 9.18 Å². The number of nitrogens with one attached hydrogen (secondary N) is 1. The predicted molar refractivity (Wildman–Crippen MR) is 68.8 cm³/mol. The zero-order valence-corrected chi connectivity index (χ0v) is 10.2. The molecule has 98 valence electrons. The Morgan fingerprint density at radius 1 is 1.28 bits per heavy atom. The number of primary amides is 1. The number of benzene rings is 1. The van der Waals surface area contributed by atoms with E-state index in [0.717, 1.165) is 25.7 Å². The van der Waals surface area contributed by atoms with Gasteiger partial charge in [0.2, 0.25) is 5.91 Å². The van der Waals surface area contributed by atoms with Crippen molar-refractivity contribution < 1.29 is 9.18 Å². The minimum atomic E-state index is -0.621. The van der Waals surface area contributed by atoms with E-state index in [1.54, 1.807) is 6.07 Å². The van der Waals surface area contributed by atoms with Crippen LogP contribution in [-0.2, 0) is 0 Å². The summed E-state index contributed by atoms with van der Waals surface area (Å²) in [5, 5.41) is 3.15. The number of halogens is 1. The second-order valence-corrected chi connectivity index (χ2v) is 4.81. The molecule has 5 N–H and O–H groups in total. The van der Waals surface area contributed by atoms with E-state index in [-0.39, 0.29) is 17.6 Å². The fraction of sp³-hybridized carbons (Fsp3) is 0.462. The first-order valence-corrected chi connectivity index (χ1v) is 6.17. The van der Waals surface area contributed by atoms with Crippen LogP contribution in [0.25, 0.3) is 0 Å². The van der Waals surface area contributed by atoms with Crippen molar-refractivity contribution in [3.8, 4) is 0 Å². The minimum Gasteiger partial charge on any atom is -0.380 e. The average molecular weight is 251 g/mol. The number of amides is 1. The van der Waals surface area contributed by atoms with Crippen LogP contribution in [0.15, 0.2) is 18.2 Å². The summed E-state index contributed by atoms with van der Waals surface area (Å²) in [5.41, 5.74) is 11.5. The van der Waals surface area contributed by atoms with Crippen LogP contribution >= 0.6 is 0 Å². The van der Waals surface area contributed by atoms with Gasteiger partial charge in [-0.3, -0.25) is 4.79 Å². The molecule has 2 rings (SSSR count). The summed E-state index contributed by atoms with van der Waals surface area (Å²) in [5.74, 6) is -1.06. The van der Waals surface area contributed by atoms with Gasteiger partial charge in [-0.15, -0.1) is 0 Å². The molecule has 1 aliphatic rings. The van der Waals surface area contributed by atoms with Crippen LogP contribution in [0.2, 0.25) is 0 Å². The Kier molecular flexibility index (Phi) is 3.81. The molecule has 1 aromatic rings. The summed E-state index contributed by atoms with van der Waals surface area (Å²) < 4.78 is 13.7. The summed E-state index contributed by atoms with van der Waals surface area (Å²) in [6.45, 7) is 0. The first-order valence-electron chi connectivity index (χ1n) is 6.17. The van der Waals surface area contributed by atoms with Gasteiger partial charge in [0.1, 0.15) is 5.82 Å². The summed E-state index contributed by atoms with van der Waals surface area (Å²) in [7, 11) is 0. The molecule has 0 atom stereocenters. The van der Waals surface area contributed by atoms with Crippen molar-refractivity contribution in [3.63, 3.8) is 0 Å². The van der Waals surface area contributed by atoms with Gasteiger partial charge in [0.15, 0.2) is 0 Å². The van der Waals surface area contributed by atoms with Crippen molar-refractivity contribution in [2.24, 2.45) is 11.5 Å². The van der Waals surface area contributed by atoms with Gasteiger partial charge < -0.3 is 16.8 Å². The number of carbonyl (C=O) groups excluding carboxylic acids is 1. The highest BCUT2D eigenvalue weighted by atomic mass is 19.1. The van der Waals surface area contributed by atoms with Crippen LogP contribution in [-0.4, -0.2) is 18.0 Å². The van der Waals surface area contributed by atoms with E-state index in [1.807, 2.05) is 0 Å². The van der Waals surface area contributed by atoms with Gasteiger partial charge in [-0.2, -0.15) is 0 Å². The molecule has 5 heteroatoms. The minimum absolute atomic E-state index is 0.184. The highest BCUT2D eigenvalue weighted by Gasteiger charge is 2.19. The maximum Gasteiger partial charge on any atom is 0.248 e. The SMILES string of the molecule is NC(=O)c1ccc(NC2CCC(N)CC2)c(F)c1. The average Bonchev–Trinajstić information content (AvgIpc) is 2.34. The van der Waals surface area contributed by atoms with Crippen molar-refractivity contribution in [2.75, 3.05) is 5.32 Å². The Bertz CT molecular complexity index is 442. The van der Waals surface area contributed by atoms with Gasteiger partial charge >= 0.3 is 0 Å². The fourth-order valence-corrected chi connectivity index (χ4v) is 2.27. The third kappa shape index (κ3) is 2.98. The summed E-state index contributed by atoms with van der Waals surface area (Å²) in [6, 6.07) is 4.77. The third-order valence-electron chi connectivity index (χ3n) is 3.39. The number of nitrogens with two attached hydrogens (primary N) is 2. The lowest BCUT2D eigenvalue weighted by atomic mass is 9.91. The van der Waals surface area contributed by atoms with Crippen molar-refractivity contribution in [1.29, 1.82) is 0 Å². The molecule has 18 heavy (non-hydrogen) atoms. The fourth-order valence-electron chi connectivity index (χ4n) is 2.27. The Hall–Kier alpha value is -1.62. The number of hydrogen-bond acceptors (Lipinski definition) is 3. The quantitative estimate of drug-likeness (QED) is 0.763. The molecule has 4 nitrogen and oxygen atoms in total. The Labute approximate surface area is 106 Å². The van der Waals surface area contributed by atoms with E-state index in [0.29, 0.717) is 5.69 Å². The number of carbonyl (C=O) groups is 1. The van der Waals surface area contributed by atoms with Gasteiger partial charge in [0.05, 0.1) is 5.69 Å². The van der Waals surface area contributed by atoms with E-state index in [1.165, 1.54) is 12.1 Å². The molecule has 1 aliphatic carbocycles. The molecule has 0 spiro atoms. The smallest absolute Gasteiger partial charge is 0.248 e. The molecular formula is C13H18FN3O. The molecule has 0 heterocycles. The highest BCUT2D eigenvalue weighted by molar-refractivity contribution is 5.93. The zero-order chi connectivity index (χ0) is 13.1. The molecule has 1 aromatic carbocycles. The largest absolute Gasteiger partial charge is 0.380 e. The Morgan fingerprint density at radius 3 is 2.50 bits per heavy atom. The normalized spacial score (nSPS) is 23.7. The number of hydrogen-bond donors (Lipinski definition) is 3. The zero-order valence-electron chi connectivity index (χ0n) is 10.2. The van der Waals surface area contributed by atoms with Crippen LogP contribution in [0.3, 0.4) is 0 Å². The van der Waals surface area contributed by atoms with E-state index in [4.69, 9.17) is 11.5 Å². The first kappa shape index (κ1) is 12.8. The first-order chi connectivity index (χ1) is 8.56. The molecule has 0 aliphatic heterocycles. The second kappa shape index (κ2) is 5.35. The van der Waals surface area contributed by atoms with Gasteiger partial charge in [-0.05, 0) is 43.9 Å². The molecule has 0 aromatic heterocycles. The maximum absolute atomic E-state index is 13.7. The molecule has 1 saturated carbocycles. The summed E-state index contributed by atoms with van der Waals surface area (Å²) in [6.07, 6.45) is 3.80. The third-order valence-corrected chi connectivity index (χ3v) is 3.39. The summed E-state index contributed by atoms with van der Waals surface area (Å²) >= 11 is 0. The molecule has 1 fully saturated rings. The van der Waals surface area contributed by atoms with Gasteiger partial charge in [0.25, 0.3) is 0 Å². The van der Waals surface area contributed by atoms with E-state index in [2.05, 4.69) is 5.32 Å². The topological polar surface area (TPSA) is 81.1 Å². The van der Waals surface area contributed by atoms with Crippen molar-refractivity contribution in [2.45, 2.75) is 37.8 Å². The lowest BCUT2D eigenvalue weighted by molar-refractivity contribution is 0.1000. The van der Waals surface area contributed by atoms with E-state index >= 15 is 0 Å². The molecule has 0 bridgehead atoms. The molecule has 0 radical (unpaired) electrons. The van der Waals surface area contributed by atoms with Crippen LogP contribution in [0.1, 0.15) is 36.0 Å². The molecular weight excluding hydrogens is 233 g/mol. The van der Waals surface area contributed by atoms with Gasteiger partial charge in [-0.1, -0.05) is 0 Å². The maximum atomic E-state index is 13.7. The lowest BCUT2D eigenvalue weighted by Gasteiger charge is -2.27. The van der Waals surface area contributed by atoms with Crippen LogP contribution in [0.4, 0.5) is 10.1 Å². The standard InChI is InChI=1S/C13H18FN3O/c14-11-7-8(13(16)18)1-6-12(11)17-10-4-2-9(15)3-5-10/h1,6-7,9-10,17H,2-5,15H2,(H2,16,18). The predicted octanol–water partition coefficient (Wildman–Crippen LogP) is 1.61. The second-order valence-electron chi connectivity index (χ2n) is 4.81. The number of rotatable bonds is 3. The van der Waals surface area contributed by atoms with Crippen LogP contribution < -0.4 is 16.8 Å². The Balaban J connectivity index is 2.03. The van der Waals surface area contributed by atoms with Crippen LogP contribution in [0.5, 0.6) is 0 Å². The van der Waals surface area contributed by atoms with Crippen LogP contribution in [0, 0.1) is 5.82 Å².